The van der Waals surface area contributed by atoms with Crippen molar-refractivity contribution in [1.29, 1.82) is 0 Å². The van der Waals surface area contributed by atoms with Crippen LogP contribution in [0.2, 0.25) is 0 Å². The minimum atomic E-state index is -0.430. The van der Waals surface area contributed by atoms with Gasteiger partial charge in [0.05, 0.1) is 10.5 Å². The number of nitro groups is 1. The van der Waals surface area contributed by atoms with E-state index in [0.29, 0.717) is 5.56 Å². The Kier molecular flexibility index (Phi) is 3.10. The van der Waals surface area contributed by atoms with Crippen LogP contribution in [0, 0.1) is 10.1 Å². The van der Waals surface area contributed by atoms with Gasteiger partial charge >= 0.3 is 0 Å². The number of benzene rings is 2. The van der Waals surface area contributed by atoms with Crippen LogP contribution in [0.1, 0.15) is 5.56 Å². The van der Waals surface area contributed by atoms with E-state index in [1.165, 1.54) is 12.1 Å². The van der Waals surface area contributed by atoms with Crippen LogP contribution in [0.15, 0.2) is 49.0 Å². The average molecular weight is 241 g/mol. The Morgan fingerprint density at radius 1 is 1.11 bits per heavy atom. The van der Waals surface area contributed by atoms with E-state index in [4.69, 9.17) is 0 Å². The predicted octanol–water partition coefficient (Wildman–Crippen LogP) is 3.61. The molecule has 4 heteroatoms. The van der Waals surface area contributed by atoms with Crippen LogP contribution < -0.4 is 0 Å². The summed E-state index contributed by atoms with van der Waals surface area (Å²) in [5, 5.41) is 20.1. The Balaban J connectivity index is 2.53. The third kappa shape index (κ3) is 2.22. The molecular formula is C14H11NO3. The number of hydrogen-bond acceptors (Lipinski definition) is 3. The molecule has 0 radical (unpaired) electrons. The first kappa shape index (κ1) is 11.9. The fourth-order valence-electron chi connectivity index (χ4n) is 1.71. The first-order valence-corrected chi connectivity index (χ1v) is 5.32. The Hall–Kier alpha value is -2.62. The van der Waals surface area contributed by atoms with Crippen molar-refractivity contribution in [3.05, 3.63) is 64.7 Å². The SMILES string of the molecule is C=Cc1ccc(-c2ccc(O)cc2)cc1[N+](=O)[O-]. The molecular weight excluding hydrogens is 230 g/mol. The van der Waals surface area contributed by atoms with Gasteiger partial charge in [0.15, 0.2) is 0 Å². The van der Waals surface area contributed by atoms with Crippen molar-refractivity contribution >= 4 is 11.8 Å². The summed E-state index contributed by atoms with van der Waals surface area (Å²) >= 11 is 0. The van der Waals surface area contributed by atoms with Crippen LogP contribution in [0.4, 0.5) is 5.69 Å². The van der Waals surface area contributed by atoms with Crippen LogP contribution >= 0.6 is 0 Å². The topological polar surface area (TPSA) is 63.4 Å². The largest absolute Gasteiger partial charge is 0.508 e. The van der Waals surface area contributed by atoms with Crippen molar-refractivity contribution in [2.24, 2.45) is 0 Å². The summed E-state index contributed by atoms with van der Waals surface area (Å²) in [4.78, 5) is 10.5. The molecule has 0 atom stereocenters. The van der Waals surface area contributed by atoms with Gasteiger partial charge in [0, 0.05) is 6.07 Å². The third-order valence-corrected chi connectivity index (χ3v) is 2.65. The van der Waals surface area contributed by atoms with E-state index < -0.39 is 4.92 Å². The maximum atomic E-state index is 10.9. The molecule has 0 bridgehead atoms. The van der Waals surface area contributed by atoms with Crippen LogP contribution in [-0.4, -0.2) is 10.0 Å². The molecule has 0 spiro atoms. The molecule has 90 valence electrons. The quantitative estimate of drug-likeness (QED) is 0.659. The zero-order chi connectivity index (χ0) is 13.1. The van der Waals surface area contributed by atoms with E-state index in [-0.39, 0.29) is 11.4 Å². The molecule has 0 heterocycles. The first-order valence-electron chi connectivity index (χ1n) is 5.32. The number of nitrogens with zero attached hydrogens (tertiary/aromatic N) is 1. The molecule has 0 unspecified atom stereocenters. The van der Waals surface area contributed by atoms with Crippen LogP contribution in [0.3, 0.4) is 0 Å². The molecule has 2 rings (SSSR count). The molecule has 0 aliphatic heterocycles. The molecule has 0 saturated heterocycles. The van der Waals surface area contributed by atoms with Gasteiger partial charge < -0.3 is 5.11 Å². The molecule has 0 fully saturated rings. The molecule has 0 saturated carbocycles. The summed E-state index contributed by atoms with van der Waals surface area (Å²) in [6.07, 6.45) is 1.46. The van der Waals surface area contributed by atoms with Gasteiger partial charge in [-0.15, -0.1) is 0 Å². The number of phenolic OH excluding ortho intramolecular Hbond substituents is 1. The predicted molar refractivity (Wildman–Crippen MR) is 70.3 cm³/mol. The second kappa shape index (κ2) is 4.71. The number of nitro benzene ring substituents is 1. The fraction of sp³-hybridized carbons (Fsp3) is 0. The maximum Gasteiger partial charge on any atom is 0.277 e. The second-order valence-corrected chi connectivity index (χ2v) is 3.78. The minimum absolute atomic E-state index is 0.0237. The summed E-state index contributed by atoms with van der Waals surface area (Å²) in [5.41, 5.74) is 2.05. The summed E-state index contributed by atoms with van der Waals surface area (Å²) in [6.45, 7) is 3.55. The van der Waals surface area contributed by atoms with Crippen molar-refractivity contribution in [3.63, 3.8) is 0 Å². The molecule has 2 aromatic rings. The van der Waals surface area contributed by atoms with Gasteiger partial charge in [-0.05, 0) is 29.3 Å². The summed E-state index contributed by atoms with van der Waals surface area (Å²) < 4.78 is 0. The third-order valence-electron chi connectivity index (χ3n) is 2.65. The second-order valence-electron chi connectivity index (χ2n) is 3.78. The minimum Gasteiger partial charge on any atom is -0.508 e. The van der Waals surface area contributed by atoms with Gasteiger partial charge in [-0.2, -0.15) is 0 Å². The van der Waals surface area contributed by atoms with Crippen LogP contribution in [-0.2, 0) is 0 Å². The van der Waals surface area contributed by atoms with Gasteiger partial charge in [0.1, 0.15) is 5.75 Å². The lowest BCUT2D eigenvalue weighted by Crippen LogP contribution is -1.92. The Morgan fingerprint density at radius 2 is 1.72 bits per heavy atom. The Morgan fingerprint density at radius 3 is 2.28 bits per heavy atom. The zero-order valence-electron chi connectivity index (χ0n) is 9.54. The highest BCUT2D eigenvalue weighted by molar-refractivity contribution is 5.71. The monoisotopic (exact) mass is 241 g/mol. The van der Waals surface area contributed by atoms with Crippen molar-refractivity contribution in [2.75, 3.05) is 0 Å². The molecule has 1 N–H and O–H groups in total. The van der Waals surface area contributed by atoms with Crippen molar-refractivity contribution in [2.45, 2.75) is 0 Å². The first-order chi connectivity index (χ1) is 8.61. The van der Waals surface area contributed by atoms with E-state index >= 15 is 0 Å². The Bertz CT molecular complexity index is 603. The van der Waals surface area contributed by atoms with E-state index in [0.717, 1.165) is 11.1 Å². The number of hydrogen-bond donors (Lipinski definition) is 1. The highest BCUT2D eigenvalue weighted by atomic mass is 16.6. The van der Waals surface area contributed by atoms with Gasteiger partial charge in [0.2, 0.25) is 0 Å². The van der Waals surface area contributed by atoms with E-state index in [1.54, 1.807) is 36.4 Å². The zero-order valence-corrected chi connectivity index (χ0v) is 9.54. The molecule has 0 aliphatic carbocycles. The lowest BCUT2D eigenvalue weighted by molar-refractivity contribution is -0.385. The standard InChI is InChI=1S/C14H11NO3/c1-2-10-3-4-12(9-14(10)15(17)18)11-5-7-13(16)8-6-11/h2-9,16H,1H2. The highest BCUT2D eigenvalue weighted by Gasteiger charge is 2.12. The van der Waals surface area contributed by atoms with Gasteiger partial charge in [-0.25, -0.2) is 0 Å². The molecule has 0 aliphatic rings. The van der Waals surface area contributed by atoms with E-state index in [2.05, 4.69) is 6.58 Å². The molecule has 4 nitrogen and oxygen atoms in total. The molecule has 0 aromatic heterocycles. The van der Waals surface area contributed by atoms with Gasteiger partial charge in [-0.3, -0.25) is 10.1 Å². The number of rotatable bonds is 3. The van der Waals surface area contributed by atoms with Crippen molar-refractivity contribution < 1.29 is 10.0 Å². The van der Waals surface area contributed by atoms with Crippen LogP contribution in [0.25, 0.3) is 17.2 Å². The van der Waals surface area contributed by atoms with Crippen LogP contribution in [0.5, 0.6) is 5.75 Å². The van der Waals surface area contributed by atoms with Crippen molar-refractivity contribution in [1.82, 2.24) is 0 Å². The molecule has 0 amide bonds. The average Bonchev–Trinajstić information content (AvgIpc) is 2.39. The molecule has 18 heavy (non-hydrogen) atoms. The van der Waals surface area contributed by atoms with Crippen molar-refractivity contribution in [3.8, 4) is 16.9 Å². The fourth-order valence-corrected chi connectivity index (χ4v) is 1.71. The van der Waals surface area contributed by atoms with E-state index in [1.807, 2.05) is 0 Å². The van der Waals surface area contributed by atoms with E-state index in [9.17, 15) is 15.2 Å². The summed E-state index contributed by atoms with van der Waals surface area (Å²) in [7, 11) is 0. The molecule has 2 aromatic carbocycles. The Labute approximate surface area is 104 Å². The highest BCUT2D eigenvalue weighted by Crippen LogP contribution is 2.28. The summed E-state index contributed by atoms with van der Waals surface area (Å²) in [6, 6.07) is 11.5. The maximum absolute atomic E-state index is 10.9. The summed E-state index contributed by atoms with van der Waals surface area (Å²) in [5.74, 6) is 0.163. The van der Waals surface area contributed by atoms with Gasteiger partial charge in [0.25, 0.3) is 5.69 Å². The number of aromatic hydroxyl groups is 1. The normalized spacial score (nSPS) is 10.0. The lowest BCUT2D eigenvalue weighted by Gasteiger charge is -2.04. The number of phenols is 1. The van der Waals surface area contributed by atoms with Gasteiger partial charge in [-0.1, -0.05) is 30.9 Å². The lowest BCUT2D eigenvalue weighted by atomic mass is 10.0. The smallest absolute Gasteiger partial charge is 0.277 e.